The normalized spacial score (nSPS) is 10.8. The third-order valence-corrected chi connectivity index (χ3v) is 5.27. The molecule has 0 fully saturated rings. The van der Waals surface area contributed by atoms with Crippen LogP contribution in [0.2, 0.25) is 0 Å². The molecule has 0 saturated carbocycles. The van der Waals surface area contributed by atoms with Gasteiger partial charge in [0.05, 0.1) is 0 Å². The lowest BCUT2D eigenvalue weighted by molar-refractivity contribution is 0.0702. The molecule has 0 radical (unpaired) electrons. The first-order valence-corrected chi connectivity index (χ1v) is 7.96. The maximum Gasteiger partial charge on any atom is 0.345 e. The van der Waals surface area contributed by atoms with Crippen molar-refractivity contribution in [2.45, 2.75) is 10.6 Å². The molecular weight excluding hydrogens is 288 g/mol. The standard InChI is InChI=1S/C16H12O2S2/c17-16(18)15-8-7-14(20-15)10-19-13-6-5-11-3-1-2-4-12(11)9-13/h1-9H,10H2,(H,17,18). The summed E-state index contributed by atoms with van der Waals surface area (Å²) in [7, 11) is 0. The fourth-order valence-electron chi connectivity index (χ4n) is 1.98. The van der Waals surface area contributed by atoms with E-state index in [1.807, 2.05) is 18.2 Å². The summed E-state index contributed by atoms with van der Waals surface area (Å²) in [6, 6.07) is 18.2. The van der Waals surface area contributed by atoms with Gasteiger partial charge in [0.1, 0.15) is 4.88 Å². The molecule has 4 heteroatoms. The molecule has 0 amide bonds. The Hall–Kier alpha value is -1.78. The molecule has 0 aliphatic heterocycles. The van der Waals surface area contributed by atoms with Gasteiger partial charge in [0.2, 0.25) is 0 Å². The molecule has 3 aromatic rings. The number of aromatic carboxylic acids is 1. The summed E-state index contributed by atoms with van der Waals surface area (Å²) in [4.78, 5) is 13.5. The van der Waals surface area contributed by atoms with E-state index < -0.39 is 5.97 Å². The molecule has 3 rings (SSSR count). The van der Waals surface area contributed by atoms with Crippen LogP contribution in [0, 0.1) is 0 Å². The van der Waals surface area contributed by atoms with Crippen LogP contribution in [0.25, 0.3) is 10.8 Å². The van der Waals surface area contributed by atoms with E-state index in [2.05, 4.69) is 30.3 Å². The Balaban J connectivity index is 1.74. The van der Waals surface area contributed by atoms with Crippen LogP contribution in [0.1, 0.15) is 14.5 Å². The smallest absolute Gasteiger partial charge is 0.345 e. The van der Waals surface area contributed by atoms with E-state index in [1.165, 1.54) is 27.0 Å². The van der Waals surface area contributed by atoms with E-state index in [0.717, 1.165) is 10.6 Å². The summed E-state index contributed by atoms with van der Waals surface area (Å²) in [5.74, 6) is -0.0482. The SMILES string of the molecule is O=C(O)c1ccc(CSc2ccc3ccccc3c2)s1. The lowest BCUT2D eigenvalue weighted by Gasteiger charge is -2.02. The monoisotopic (exact) mass is 300 g/mol. The molecule has 0 unspecified atom stereocenters. The summed E-state index contributed by atoms with van der Waals surface area (Å²) in [5, 5.41) is 11.4. The third kappa shape index (κ3) is 2.86. The molecule has 1 heterocycles. The number of thioether (sulfide) groups is 1. The number of benzene rings is 2. The molecule has 0 bridgehead atoms. The van der Waals surface area contributed by atoms with Crippen LogP contribution in [-0.4, -0.2) is 11.1 Å². The molecule has 20 heavy (non-hydrogen) atoms. The molecule has 0 aliphatic carbocycles. The summed E-state index contributed by atoms with van der Waals surface area (Å²) in [5.41, 5.74) is 0. The summed E-state index contributed by atoms with van der Waals surface area (Å²) >= 11 is 3.07. The van der Waals surface area contributed by atoms with Crippen LogP contribution in [0.5, 0.6) is 0 Å². The maximum atomic E-state index is 10.8. The molecular formula is C16H12O2S2. The Morgan fingerprint density at radius 3 is 2.60 bits per heavy atom. The number of carbonyl (C=O) groups is 1. The lowest BCUT2D eigenvalue weighted by Crippen LogP contribution is -1.89. The van der Waals surface area contributed by atoms with Gasteiger partial charge in [0.25, 0.3) is 0 Å². The van der Waals surface area contributed by atoms with Crippen molar-refractivity contribution in [2.75, 3.05) is 0 Å². The quantitative estimate of drug-likeness (QED) is 0.697. The van der Waals surface area contributed by atoms with Crippen molar-refractivity contribution < 1.29 is 9.90 Å². The van der Waals surface area contributed by atoms with Crippen molar-refractivity contribution in [2.24, 2.45) is 0 Å². The Labute approximate surface area is 125 Å². The van der Waals surface area contributed by atoms with Gasteiger partial charge in [-0.05, 0) is 35.0 Å². The van der Waals surface area contributed by atoms with Gasteiger partial charge in [-0.15, -0.1) is 23.1 Å². The van der Waals surface area contributed by atoms with E-state index in [4.69, 9.17) is 5.11 Å². The van der Waals surface area contributed by atoms with Gasteiger partial charge < -0.3 is 5.11 Å². The van der Waals surface area contributed by atoms with Gasteiger partial charge in [-0.3, -0.25) is 0 Å². The topological polar surface area (TPSA) is 37.3 Å². The summed E-state index contributed by atoms with van der Waals surface area (Å²) < 4.78 is 0. The largest absolute Gasteiger partial charge is 0.477 e. The van der Waals surface area contributed by atoms with Crippen LogP contribution in [0.15, 0.2) is 59.5 Å². The number of fused-ring (bicyclic) bond motifs is 1. The van der Waals surface area contributed by atoms with E-state index >= 15 is 0 Å². The second kappa shape index (κ2) is 5.69. The van der Waals surface area contributed by atoms with Gasteiger partial charge >= 0.3 is 5.97 Å². The first-order chi connectivity index (χ1) is 9.72. The summed E-state index contributed by atoms with van der Waals surface area (Å²) in [6.45, 7) is 0. The van der Waals surface area contributed by atoms with Crippen LogP contribution in [0.3, 0.4) is 0 Å². The van der Waals surface area contributed by atoms with E-state index in [-0.39, 0.29) is 0 Å². The average molecular weight is 300 g/mol. The van der Waals surface area contributed by atoms with Crippen LogP contribution in [0.4, 0.5) is 0 Å². The first-order valence-electron chi connectivity index (χ1n) is 6.16. The maximum absolute atomic E-state index is 10.8. The number of carboxylic acids is 1. The summed E-state index contributed by atoms with van der Waals surface area (Å²) in [6.07, 6.45) is 0. The highest BCUT2D eigenvalue weighted by molar-refractivity contribution is 7.98. The first kappa shape index (κ1) is 13.2. The van der Waals surface area contributed by atoms with Gasteiger partial charge in [-0.2, -0.15) is 0 Å². The Kier molecular flexibility index (Phi) is 3.76. The molecule has 1 aromatic heterocycles. The van der Waals surface area contributed by atoms with E-state index in [9.17, 15) is 4.79 Å². The van der Waals surface area contributed by atoms with Crippen molar-refractivity contribution in [3.8, 4) is 0 Å². The van der Waals surface area contributed by atoms with Gasteiger partial charge in [0, 0.05) is 15.5 Å². The van der Waals surface area contributed by atoms with Crippen LogP contribution < -0.4 is 0 Å². The average Bonchev–Trinajstić information content (AvgIpc) is 2.94. The van der Waals surface area contributed by atoms with Gasteiger partial charge in [-0.1, -0.05) is 30.3 Å². The Morgan fingerprint density at radius 2 is 1.85 bits per heavy atom. The van der Waals surface area contributed by atoms with E-state index in [1.54, 1.807) is 17.8 Å². The highest BCUT2D eigenvalue weighted by atomic mass is 32.2. The second-order valence-electron chi connectivity index (χ2n) is 4.37. The third-order valence-electron chi connectivity index (χ3n) is 2.97. The number of rotatable bonds is 4. The van der Waals surface area contributed by atoms with Crippen molar-refractivity contribution in [1.82, 2.24) is 0 Å². The number of hydrogen-bond acceptors (Lipinski definition) is 3. The van der Waals surface area contributed by atoms with Crippen molar-refractivity contribution >= 4 is 39.8 Å². The predicted octanol–water partition coefficient (Wildman–Crippen LogP) is 4.89. The lowest BCUT2D eigenvalue weighted by atomic mass is 10.1. The van der Waals surface area contributed by atoms with Crippen molar-refractivity contribution in [1.29, 1.82) is 0 Å². The Morgan fingerprint density at radius 1 is 1.05 bits per heavy atom. The zero-order chi connectivity index (χ0) is 13.9. The molecule has 0 aliphatic rings. The van der Waals surface area contributed by atoms with Gasteiger partial charge in [0.15, 0.2) is 0 Å². The fraction of sp³-hybridized carbons (Fsp3) is 0.0625. The minimum atomic E-state index is -0.850. The molecule has 0 saturated heterocycles. The van der Waals surface area contributed by atoms with Crippen LogP contribution in [-0.2, 0) is 5.75 Å². The minimum Gasteiger partial charge on any atom is -0.477 e. The van der Waals surface area contributed by atoms with Crippen LogP contribution >= 0.6 is 23.1 Å². The van der Waals surface area contributed by atoms with E-state index in [0.29, 0.717) is 4.88 Å². The highest BCUT2D eigenvalue weighted by Crippen LogP contribution is 2.29. The Bertz CT molecular complexity index is 762. The molecule has 0 atom stereocenters. The van der Waals surface area contributed by atoms with Crippen molar-refractivity contribution in [3.63, 3.8) is 0 Å². The fourth-order valence-corrected chi connectivity index (χ4v) is 3.82. The molecule has 2 nitrogen and oxygen atoms in total. The number of thiophene rings is 1. The zero-order valence-electron chi connectivity index (χ0n) is 10.6. The number of carboxylic acid groups (broad SMARTS) is 1. The zero-order valence-corrected chi connectivity index (χ0v) is 12.2. The highest BCUT2D eigenvalue weighted by Gasteiger charge is 2.07. The minimum absolute atomic E-state index is 0.402. The van der Waals surface area contributed by atoms with Gasteiger partial charge in [-0.25, -0.2) is 4.79 Å². The molecule has 0 spiro atoms. The predicted molar refractivity (Wildman–Crippen MR) is 84.8 cm³/mol. The molecule has 2 aromatic carbocycles. The van der Waals surface area contributed by atoms with Crippen molar-refractivity contribution in [3.05, 3.63) is 64.4 Å². The molecule has 1 N–H and O–H groups in total. The number of hydrogen-bond donors (Lipinski definition) is 1. The molecule has 100 valence electrons. The second-order valence-corrected chi connectivity index (χ2v) is 6.59.